The van der Waals surface area contributed by atoms with Gasteiger partial charge in [-0.25, -0.2) is 19.3 Å². The average molecular weight is 381 g/mol. The molecule has 0 unspecified atom stereocenters. The van der Waals surface area contributed by atoms with Gasteiger partial charge in [0.05, 0.1) is 45.1 Å². The van der Waals surface area contributed by atoms with Gasteiger partial charge in [-0.3, -0.25) is 4.79 Å². The molecule has 0 saturated heterocycles. The van der Waals surface area contributed by atoms with Crippen LogP contribution in [0.5, 0.6) is 0 Å². The number of fused-ring (bicyclic) bond motifs is 1. The smallest absolute Gasteiger partial charge is 0.218 e. The first kappa shape index (κ1) is 18.9. The number of pyridine rings is 2. The van der Waals surface area contributed by atoms with Crippen LogP contribution >= 0.6 is 0 Å². The summed E-state index contributed by atoms with van der Waals surface area (Å²) in [5, 5.41) is 1.55. The number of hydrogen-bond acceptors (Lipinski definition) is 4. The van der Waals surface area contributed by atoms with Gasteiger partial charge in [0, 0.05) is 24.7 Å². The molecule has 1 aromatic carbocycles. The van der Waals surface area contributed by atoms with Gasteiger partial charge in [-0.05, 0) is 35.0 Å². The first-order valence-corrected chi connectivity index (χ1v) is 8.73. The summed E-state index contributed by atoms with van der Waals surface area (Å²) in [7, 11) is 13.9. The third-order valence-corrected chi connectivity index (χ3v) is 4.59. The lowest BCUT2D eigenvalue weighted by molar-refractivity contribution is -0.117. The van der Waals surface area contributed by atoms with Crippen molar-refractivity contribution in [3.63, 3.8) is 0 Å². The van der Waals surface area contributed by atoms with Crippen LogP contribution in [0.15, 0.2) is 61.2 Å². The Labute approximate surface area is 169 Å². The van der Waals surface area contributed by atoms with Crippen molar-refractivity contribution in [2.24, 2.45) is 7.05 Å². The highest BCUT2D eigenvalue weighted by atomic mass is 19.1. The monoisotopic (exact) mass is 381 g/mol. The van der Waals surface area contributed by atoms with Crippen molar-refractivity contribution < 1.29 is 9.18 Å². The number of aryl methyl sites for hydroxylation is 1. The van der Waals surface area contributed by atoms with E-state index in [4.69, 9.17) is 15.7 Å². The van der Waals surface area contributed by atoms with E-state index in [2.05, 4.69) is 20.3 Å². The molecule has 4 rings (SSSR count). The molecule has 1 N–H and O–H groups in total. The first-order chi connectivity index (χ1) is 13.8. The van der Waals surface area contributed by atoms with Crippen LogP contribution in [-0.4, -0.2) is 41.1 Å². The summed E-state index contributed by atoms with van der Waals surface area (Å²) in [5.74, 6) is -0.880. The SMILES string of the molecule is [B]C([B])(C(=O)Nc1cc2nc(-c3cncn3C)ccc2cn1)c1ccc(F)cc1. The van der Waals surface area contributed by atoms with Crippen LogP contribution < -0.4 is 5.32 Å². The minimum Gasteiger partial charge on any atom is -0.332 e. The maximum atomic E-state index is 13.1. The summed E-state index contributed by atoms with van der Waals surface area (Å²) < 4.78 is 15.0. The van der Waals surface area contributed by atoms with Crippen LogP contribution in [0, 0.1) is 5.82 Å². The molecule has 0 aliphatic carbocycles. The molecule has 29 heavy (non-hydrogen) atoms. The number of halogens is 1. The molecule has 0 atom stereocenters. The van der Waals surface area contributed by atoms with E-state index in [0.29, 0.717) is 5.52 Å². The lowest BCUT2D eigenvalue weighted by Gasteiger charge is -2.25. The fourth-order valence-electron chi connectivity index (χ4n) is 2.91. The van der Waals surface area contributed by atoms with Crippen molar-refractivity contribution in [3.8, 4) is 11.4 Å². The van der Waals surface area contributed by atoms with E-state index >= 15 is 0 Å². The van der Waals surface area contributed by atoms with Gasteiger partial charge < -0.3 is 9.88 Å². The molecule has 3 heterocycles. The quantitative estimate of drug-likeness (QED) is 0.551. The van der Waals surface area contributed by atoms with Crippen LogP contribution in [0.4, 0.5) is 10.2 Å². The Bertz CT molecular complexity index is 1210. The number of benzene rings is 1. The highest BCUT2D eigenvalue weighted by molar-refractivity contribution is 6.52. The minimum absolute atomic E-state index is 0.250. The number of imidazole rings is 1. The number of nitrogens with zero attached hydrogens (tertiary/aromatic N) is 4. The second kappa shape index (κ2) is 7.16. The Hall–Kier alpha value is -3.48. The van der Waals surface area contributed by atoms with Gasteiger partial charge in [0.15, 0.2) is 0 Å². The molecule has 4 aromatic rings. The van der Waals surface area contributed by atoms with Gasteiger partial charge in [-0.15, -0.1) is 0 Å². The van der Waals surface area contributed by atoms with Crippen molar-refractivity contribution in [1.82, 2.24) is 19.5 Å². The van der Waals surface area contributed by atoms with Crippen LogP contribution in [0.1, 0.15) is 5.56 Å². The number of anilines is 1. The fraction of sp³-hybridized carbons (Fsp3) is 0.100. The van der Waals surface area contributed by atoms with E-state index < -0.39 is 16.9 Å². The zero-order valence-corrected chi connectivity index (χ0v) is 15.5. The number of hydrogen-bond donors (Lipinski definition) is 1. The van der Waals surface area contributed by atoms with Gasteiger partial charge in [-0.2, -0.15) is 0 Å². The van der Waals surface area contributed by atoms with Gasteiger partial charge >= 0.3 is 0 Å². The van der Waals surface area contributed by atoms with Crippen molar-refractivity contribution in [1.29, 1.82) is 0 Å². The molecule has 9 heteroatoms. The molecular formula is C20H14B2FN5O. The molecule has 0 aliphatic heterocycles. The molecule has 6 nitrogen and oxygen atoms in total. The summed E-state index contributed by atoms with van der Waals surface area (Å²) in [6.45, 7) is 0. The van der Waals surface area contributed by atoms with E-state index in [0.717, 1.165) is 16.8 Å². The third-order valence-electron chi connectivity index (χ3n) is 4.59. The number of aromatic nitrogens is 4. The van der Waals surface area contributed by atoms with Crippen LogP contribution in [-0.2, 0) is 17.1 Å². The summed E-state index contributed by atoms with van der Waals surface area (Å²) in [6.07, 6.45) is 5.01. The molecule has 0 fully saturated rings. The number of nitrogens with one attached hydrogen (secondary N) is 1. The number of rotatable bonds is 4. The summed E-state index contributed by atoms with van der Waals surface area (Å²) in [6, 6.07) is 10.5. The molecule has 0 saturated carbocycles. The van der Waals surface area contributed by atoms with Crippen molar-refractivity contribution in [2.45, 2.75) is 5.21 Å². The Kier molecular flexibility index (Phi) is 4.66. The van der Waals surface area contributed by atoms with Crippen molar-refractivity contribution in [2.75, 3.05) is 5.32 Å². The van der Waals surface area contributed by atoms with E-state index in [9.17, 15) is 9.18 Å². The second-order valence-corrected chi connectivity index (χ2v) is 6.68. The van der Waals surface area contributed by atoms with Crippen LogP contribution in [0.25, 0.3) is 22.3 Å². The highest BCUT2D eigenvalue weighted by Crippen LogP contribution is 2.23. The number of carbonyl (C=O) groups excluding carboxylic acids is 1. The summed E-state index contributed by atoms with van der Waals surface area (Å²) >= 11 is 0. The molecular weight excluding hydrogens is 367 g/mol. The Balaban J connectivity index is 1.63. The minimum atomic E-state index is -1.85. The first-order valence-electron chi connectivity index (χ1n) is 8.73. The van der Waals surface area contributed by atoms with Crippen LogP contribution in [0.3, 0.4) is 0 Å². The summed E-state index contributed by atoms with van der Waals surface area (Å²) in [4.78, 5) is 25.6. The zero-order chi connectivity index (χ0) is 20.6. The molecule has 0 spiro atoms. The Morgan fingerprint density at radius 3 is 2.59 bits per heavy atom. The topological polar surface area (TPSA) is 72.7 Å². The van der Waals surface area contributed by atoms with Gasteiger partial charge in [0.25, 0.3) is 0 Å². The molecule has 0 bridgehead atoms. The second-order valence-electron chi connectivity index (χ2n) is 6.68. The highest BCUT2D eigenvalue weighted by Gasteiger charge is 2.29. The van der Waals surface area contributed by atoms with E-state index in [1.54, 1.807) is 24.8 Å². The molecule has 3 aromatic heterocycles. The molecule has 4 radical (unpaired) electrons. The number of carbonyl (C=O) groups is 1. The normalized spacial score (nSPS) is 11.5. The molecule has 138 valence electrons. The van der Waals surface area contributed by atoms with Gasteiger partial charge in [0.1, 0.15) is 11.6 Å². The largest absolute Gasteiger partial charge is 0.332 e. The maximum Gasteiger partial charge on any atom is 0.218 e. The van der Waals surface area contributed by atoms with Crippen LogP contribution in [0.2, 0.25) is 0 Å². The Morgan fingerprint density at radius 2 is 1.90 bits per heavy atom. The lowest BCUT2D eigenvalue weighted by Crippen LogP contribution is -2.41. The predicted molar refractivity (Wildman–Crippen MR) is 110 cm³/mol. The molecule has 1 amide bonds. The van der Waals surface area contributed by atoms with Gasteiger partial charge in [0.2, 0.25) is 5.91 Å². The standard InChI is InChI=1S/C20H14B2FN5O/c1-28-11-24-10-17(28)15-7-2-12-9-25-18(8-16(12)26-15)27-19(29)20(21,22)13-3-5-14(23)6-4-13/h2-11H,1H3,(H,25,27,29). The maximum absolute atomic E-state index is 13.1. The third kappa shape index (κ3) is 3.63. The number of amides is 1. The summed E-state index contributed by atoms with van der Waals surface area (Å²) in [5.41, 5.74) is 2.50. The predicted octanol–water partition coefficient (Wildman–Crippen LogP) is 2.30. The van der Waals surface area contributed by atoms with E-state index in [-0.39, 0.29) is 11.4 Å². The van der Waals surface area contributed by atoms with E-state index in [1.807, 2.05) is 23.7 Å². The Morgan fingerprint density at radius 1 is 1.14 bits per heavy atom. The lowest BCUT2D eigenvalue weighted by atomic mass is 9.50. The van der Waals surface area contributed by atoms with E-state index in [1.165, 1.54) is 24.3 Å². The molecule has 0 aliphatic rings. The average Bonchev–Trinajstić information content (AvgIpc) is 3.13. The van der Waals surface area contributed by atoms with Gasteiger partial charge in [-0.1, -0.05) is 12.1 Å². The zero-order valence-electron chi connectivity index (χ0n) is 15.5. The van der Waals surface area contributed by atoms with Crippen molar-refractivity contribution in [3.05, 3.63) is 72.6 Å². The fourth-order valence-corrected chi connectivity index (χ4v) is 2.91. The van der Waals surface area contributed by atoms with Crippen molar-refractivity contribution >= 4 is 38.3 Å².